The van der Waals surface area contributed by atoms with Gasteiger partial charge >= 0.3 is 12.2 Å². The highest BCUT2D eigenvalue weighted by Crippen LogP contribution is 2.16. The van der Waals surface area contributed by atoms with Gasteiger partial charge in [0.05, 0.1) is 6.61 Å². The van der Waals surface area contributed by atoms with Gasteiger partial charge in [0.25, 0.3) is 0 Å². The van der Waals surface area contributed by atoms with Gasteiger partial charge in [0.1, 0.15) is 6.61 Å². The number of nitrogens with one attached hydrogen (secondary N) is 1. The Hall–Kier alpha value is -1.76. The zero-order valence-electron chi connectivity index (χ0n) is 13.6. The van der Waals surface area contributed by atoms with Crippen molar-refractivity contribution in [3.63, 3.8) is 0 Å². The molecule has 2 amide bonds. The zero-order chi connectivity index (χ0) is 17.4. The van der Waals surface area contributed by atoms with Crippen molar-refractivity contribution in [2.45, 2.75) is 45.0 Å². The van der Waals surface area contributed by atoms with Crippen LogP contribution in [-0.2, 0) is 17.9 Å². The first-order valence-electron chi connectivity index (χ1n) is 8.19. The summed E-state index contributed by atoms with van der Waals surface area (Å²) >= 11 is 0. The molecule has 7 heteroatoms. The highest BCUT2D eigenvalue weighted by Gasteiger charge is 2.27. The molecular formula is C17H23F3N2O2. The van der Waals surface area contributed by atoms with Crippen LogP contribution in [0.3, 0.4) is 0 Å². The van der Waals surface area contributed by atoms with Crippen LogP contribution in [0.2, 0.25) is 0 Å². The van der Waals surface area contributed by atoms with E-state index in [4.69, 9.17) is 0 Å². The average molecular weight is 344 g/mol. The maximum absolute atomic E-state index is 12.1. The average Bonchev–Trinajstić information content (AvgIpc) is 2.82. The fourth-order valence-corrected chi connectivity index (χ4v) is 2.60. The van der Waals surface area contributed by atoms with E-state index in [-0.39, 0.29) is 12.6 Å². The summed E-state index contributed by atoms with van der Waals surface area (Å²) in [5.41, 5.74) is 1.57. The van der Waals surface area contributed by atoms with E-state index in [9.17, 15) is 18.0 Å². The summed E-state index contributed by atoms with van der Waals surface area (Å²) in [4.78, 5) is 14.0. The molecule has 1 aromatic carbocycles. The largest absolute Gasteiger partial charge is 0.411 e. The van der Waals surface area contributed by atoms with Gasteiger partial charge in [-0.2, -0.15) is 13.2 Å². The lowest BCUT2D eigenvalue weighted by Gasteiger charge is -2.20. The molecule has 4 nitrogen and oxygen atoms in total. The third-order valence-corrected chi connectivity index (χ3v) is 3.89. The molecule has 134 valence electrons. The van der Waals surface area contributed by atoms with Crippen LogP contribution in [0.1, 0.15) is 36.8 Å². The van der Waals surface area contributed by atoms with E-state index < -0.39 is 12.8 Å². The van der Waals surface area contributed by atoms with Crippen molar-refractivity contribution in [2.24, 2.45) is 0 Å². The first kappa shape index (κ1) is 18.6. The molecule has 1 fully saturated rings. The third kappa shape index (κ3) is 6.78. The molecular weight excluding hydrogens is 321 g/mol. The molecule has 0 spiro atoms. The van der Waals surface area contributed by atoms with E-state index in [0.29, 0.717) is 12.1 Å². The van der Waals surface area contributed by atoms with Crippen LogP contribution in [0.25, 0.3) is 0 Å². The summed E-state index contributed by atoms with van der Waals surface area (Å²) in [6.07, 6.45) is 0.112. The number of carbonyl (C=O) groups is 1. The van der Waals surface area contributed by atoms with Crippen LogP contribution in [0, 0.1) is 0 Å². The van der Waals surface area contributed by atoms with E-state index in [0.717, 1.165) is 31.5 Å². The number of benzene rings is 1. The predicted octanol–water partition coefficient (Wildman–Crippen LogP) is 3.85. The van der Waals surface area contributed by atoms with Crippen LogP contribution in [-0.4, -0.2) is 36.8 Å². The number of halogens is 3. The Bertz CT molecular complexity index is 510. The topological polar surface area (TPSA) is 41.6 Å². The normalized spacial score (nSPS) is 15.9. The smallest absolute Gasteiger partial charge is 0.367 e. The molecule has 1 aromatic rings. The van der Waals surface area contributed by atoms with Gasteiger partial charge < -0.3 is 15.0 Å². The third-order valence-electron chi connectivity index (χ3n) is 3.89. The van der Waals surface area contributed by atoms with Crippen molar-refractivity contribution < 1.29 is 22.7 Å². The Labute approximate surface area is 140 Å². The van der Waals surface area contributed by atoms with Crippen LogP contribution < -0.4 is 5.32 Å². The molecule has 0 radical (unpaired) electrons. The van der Waals surface area contributed by atoms with Crippen molar-refractivity contribution in [1.29, 1.82) is 0 Å². The molecule has 0 aromatic heterocycles. The molecule has 0 unspecified atom stereocenters. The molecule has 1 aliphatic heterocycles. The Balaban J connectivity index is 1.74. The van der Waals surface area contributed by atoms with Gasteiger partial charge in [0.15, 0.2) is 0 Å². The summed E-state index contributed by atoms with van der Waals surface area (Å²) < 4.78 is 40.6. The summed E-state index contributed by atoms with van der Waals surface area (Å²) in [5.74, 6) is 0. The van der Waals surface area contributed by atoms with Crippen molar-refractivity contribution >= 4 is 6.03 Å². The van der Waals surface area contributed by atoms with Crippen molar-refractivity contribution in [1.82, 2.24) is 10.2 Å². The molecule has 0 bridgehead atoms. The SMILES string of the molecule is O=C(NCc1ccc(COCC(F)(F)F)cc1)N1CCCCCC1. The summed E-state index contributed by atoms with van der Waals surface area (Å²) in [6.45, 7) is 0.655. The van der Waals surface area contributed by atoms with Gasteiger partial charge in [-0.05, 0) is 24.0 Å². The van der Waals surface area contributed by atoms with Crippen LogP contribution in [0.5, 0.6) is 0 Å². The molecule has 24 heavy (non-hydrogen) atoms. The van der Waals surface area contributed by atoms with E-state index in [1.165, 1.54) is 12.8 Å². The van der Waals surface area contributed by atoms with Crippen molar-refractivity contribution in [2.75, 3.05) is 19.7 Å². The predicted molar refractivity (Wildman–Crippen MR) is 84.4 cm³/mol. The lowest BCUT2D eigenvalue weighted by Crippen LogP contribution is -2.40. The van der Waals surface area contributed by atoms with Gasteiger partial charge in [0.2, 0.25) is 0 Å². The van der Waals surface area contributed by atoms with Crippen LogP contribution in [0.15, 0.2) is 24.3 Å². The first-order chi connectivity index (χ1) is 11.4. The minimum absolute atomic E-state index is 0.0607. The molecule has 1 heterocycles. The number of nitrogens with zero attached hydrogens (tertiary/aromatic N) is 1. The number of amides is 2. The molecule has 0 saturated carbocycles. The van der Waals surface area contributed by atoms with Gasteiger partial charge in [-0.15, -0.1) is 0 Å². The highest BCUT2D eigenvalue weighted by molar-refractivity contribution is 5.74. The monoisotopic (exact) mass is 344 g/mol. The number of urea groups is 1. The van der Waals surface area contributed by atoms with Crippen molar-refractivity contribution in [3.8, 4) is 0 Å². The second kappa shape index (κ2) is 8.92. The van der Waals surface area contributed by atoms with Gasteiger partial charge in [-0.1, -0.05) is 37.1 Å². The fourth-order valence-electron chi connectivity index (χ4n) is 2.60. The number of rotatable bonds is 5. The Morgan fingerprint density at radius 1 is 1.04 bits per heavy atom. The number of alkyl halides is 3. The van der Waals surface area contributed by atoms with E-state index in [1.807, 2.05) is 4.90 Å². The molecule has 1 saturated heterocycles. The number of likely N-dealkylation sites (tertiary alicyclic amines) is 1. The molecule has 0 aliphatic carbocycles. The lowest BCUT2D eigenvalue weighted by atomic mass is 10.1. The Morgan fingerprint density at radius 2 is 1.62 bits per heavy atom. The minimum atomic E-state index is -4.31. The zero-order valence-corrected chi connectivity index (χ0v) is 13.6. The number of ether oxygens (including phenoxy) is 1. The second-order valence-electron chi connectivity index (χ2n) is 5.98. The summed E-state index contributed by atoms with van der Waals surface area (Å²) in [7, 11) is 0. The number of hydrogen-bond acceptors (Lipinski definition) is 2. The standard InChI is InChI=1S/C17H23F3N2O2/c18-17(19,20)13-24-12-15-7-5-14(6-8-15)11-21-16(23)22-9-3-1-2-4-10-22/h5-8H,1-4,9-13H2,(H,21,23). The van der Waals surface area contributed by atoms with E-state index >= 15 is 0 Å². The van der Waals surface area contributed by atoms with Crippen molar-refractivity contribution in [3.05, 3.63) is 35.4 Å². The van der Waals surface area contributed by atoms with Crippen LogP contribution >= 0.6 is 0 Å². The quantitative estimate of drug-likeness (QED) is 0.881. The van der Waals surface area contributed by atoms with Crippen LogP contribution in [0.4, 0.5) is 18.0 Å². The minimum Gasteiger partial charge on any atom is -0.367 e. The summed E-state index contributed by atoms with van der Waals surface area (Å²) in [6, 6.07) is 6.94. The Morgan fingerprint density at radius 3 is 2.21 bits per heavy atom. The van der Waals surface area contributed by atoms with E-state index in [2.05, 4.69) is 10.1 Å². The second-order valence-corrected chi connectivity index (χ2v) is 5.98. The first-order valence-corrected chi connectivity index (χ1v) is 8.19. The molecule has 0 atom stereocenters. The Kier molecular flexibility index (Phi) is 6.90. The van der Waals surface area contributed by atoms with Gasteiger partial charge in [0, 0.05) is 19.6 Å². The number of hydrogen-bond donors (Lipinski definition) is 1. The number of carbonyl (C=O) groups excluding carboxylic acids is 1. The summed E-state index contributed by atoms with van der Waals surface area (Å²) in [5, 5.41) is 2.89. The maximum Gasteiger partial charge on any atom is 0.411 e. The highest BCUT2D eigenvalue weighted by atomic mass is 19.4. The molecule has 2 rings (SSSR count). The fraction of sp³-hybridized carbons (Fsp3) is 0.588. The maximum atomic E-state index is 12.1. The molecule has 1 aliphatic rings. The molecule has 1 N–H and O–H groups in total. The van der Waals surface area contributed by atoms with Gasteiger partial charge in [-0.25, -0.2) is 4.79 Å². The van der Waals surface area contributed by atoms with E-state index in [1.54, 1.807) is 24.3 Å². The lowest BCUT2D eigenvalue weighted by molar-refractivity contribution is -0.176. The van der Waals surface area contributed by atoms with Gasteiger partial charge in [-0.3, -0.25) is 0 Å².